The Morgan fingerprint density at radius 2 is 1.73 bits per heavy atom. The van der Waals surface area contributed by atoms with Crippen LogP contribution < -0.4 is 0 Å². The van der Waals surface area contributed by atoms with Gasteiger partial charge in [0.05, 0.1) is 6.61 Å². The third-order valence-corrected chi connectivity index (χ3v) is 0.831. The van der Waals surface area contributed by atoms with Crippen LogP contribution in [-0.2, 0) is 9.53 Å². The van der Waals surface area contributed by atoms with E-state index in [1.165, 1.54) is 0 Å². The molecule has 0 saturated carbocycles. The quantitative estimate of drug-likeness (QED) is 0.465. The highest BCUT2D eigenvalue weighted by Gasteiger charge is 1.88. The van der Waals surface area contributed by atoms with Crippen molar-refractivity contribution in [2.24, 2.45) is 5.92 Å². The molecule has 0 bridgehead atoms. The molecule has 0 aromatic rings. The molecule has 0 aromatic carbocycles. The molecule has 0 fully saturated rings. The summed E-state index contributed by atoms with van der Waals surface area (Å²) in [6.45, 7) is 8.98. The van der Waals surface area contributed by atoms with Crippen molar-refractivity contribution in [2.75, 3.05) is 6.61 Å². The van der Waals surface area contributed by atoms with Gasteiger partial charge in [0.2, 0.25) is 0 Å². The summed E-state index contributed by atoms with van der Waals surface area (Å²) < 4.78 is 4.41. The lowest BCUT2D eigenvalue weighted by Gasteiger charge is -1.98. The molecule has 0 radical (unpaired) electrons. The second-order valence-electron chi connectivity index (χ2n) is 2.49. The molecule has 0 saturated heterocycles. The van der Waals surface area contributed by atoms with Crippen molar-refractivity contribution in [3.63, 3.8) is 0 Å². The van der Waals surface area contributed by atoms with Crippen molar-refractivity contribution in [3.05, 3.63) is 12.2 Å². The lowest BCUT2D eigenvalue weighted by atomic mass is 10.2. The molecule has 0 aliphatic rings. The second-order valence-corrected chi connectivity index (χ2v) is 2.49. The van der Waals surface area contributed by atoms with E-state index in [1.54, 1.807) is 0 Å². The summed E-state index contributed by atoms with van der Waals surface area (Å²) in [5, 5.41) is 0. The SMILES string of the molecule is C/C=C/C.CC(C)COC=O. The van der Waals surface area contributed by atoms with Crippen molar-refractivity contribution in [1.29, 1.82) is 0 Å². The fraction of sp³-hybridized carbons (Fsp3) is 0.667. The van der Waals surface area contributed by atoms with Crippen LogP contribution in [0, 0.1) is 5.92 Å². The smallest absolute Gasteiger partial charge is 0.293 e. The van der Waals surface area contributed by atoms with Gasteiger partial charge in [0.15, 0.2) is 0 Å². The molecule has 0 aliphatic heterocycles. The zero-order valence-electron chi connectivity index (χ0n) is 7.83. The predicted molar refractivity (Wildman–Crippen MR) is 47.3 cm³/mol. The zero-order valence-corrected chi connectivity index (χ0v) is 7.83. The lowest BCUT2D eigenvalue weighted by molar-refractivity contribution is -0.129. The molecule has 2 heteroatoms. The van der Waals surface area contributed by atoms with Gasteiger partial charge in [0.1, 0.15) is 0 Å². The largest absolute Gasteiger partial charge is 0.468 e. The molecular weight excluding hydrogens is 140 g/mol. The van der Waals surface area contributed by atoms with E-state index in [0.29, 0.717) is 19.0 Å². The number of carbonyl (C=O) groups excluding carboxylic acids is 1. The topological polar surface area (TPSA) is 26.3 Å². The number of rotatable bonds is 3. The molecule has 11 heavy (non-hydrogen) atoms. The summed E-state index contributed by atoms with van der Waals surface area (Å²) in [5.74, 6) is 0.449. The minimum absolute atomic E-state index is 0.449. The Hall–Kier alpha value is -0.790. The Balaban J connectivity index is 0. The summed E-state index contributed by atoms with van der Waals surface area (Å²) in [6.07, 6.45) is 4.00. The van der Waals surface area contributed by atoms with Crippen LogP contribution in [-0.4, -0.2) is 13.1 Å². The fourth-order valence-electron chi connectivity index (χ4n) is 0.232. The van der Waals surface area contributed by atoms with Gasteiger partial charge in [-0.15, -0.1) is 0 Å². The summed E-state index contributed by atoms with van der Waals surface area (Å²) in [6, 6.07) is 0. The molecule has 0 spiro atoms. The standard InChI is InChI=1S/C5H10O2.C4H8/c1-5(2)3-7-4-6;1-3-4-2/h4-5H,3H2,1-2H3;3-4H,1-2H3/b;4-3+. The first-order valence-corrected chi connectivity index (χ1v) is 3.81. The molecule has 0 aliphatic carbocycles. The van der Waals surface area contributed by atoms with Crippen molar-refractivity contribution < 1.29 is 9.53 Å². The van der Waals surface area contributed by atoms with Crippen LogP contribution in [0.1, 0.15) is 27.7 Å². The Kier molecular flexibility index (Phi) is 13.9. The molecule has 66 valence electrons. The van der Waals surface area contributed by atoms with Gasteiger partial charge in [0, 0.05) is 0 Å². The number of allylic oxidation sites excluding steroid dienone is 2. The average molecular weight is 158 g/mol. The maximum absolute atomic E-state index is 9.49. The van der Waals surface area contributed by atoms with Gasteiger partial charge in [0.25, 0.3) is 6.47 Å². The van der Waals surface area contributed by atoms with Crippen molar-refractivity contribution in [3.8, 4) is 0 Å². The van der Waals surface area contributed by atoms with Gasteiger partial charge in [-0.3, -0.25) is 4.79 Å². The van der Waals surface area contributed by atoms with Crippen LogP contribution in [0.2, 0.25) is 0 Å². The Labute approximate surface area is 69.3 Å². The van der Waals surface area contributed by atoms with Crippen molar-refractivity contribution in [2.45, 2.75) is 27.7 Å². The van der Waals surface area contributed by atoms with Crippen molar-refractivity contribution >= 4 is 6.47 Å². The minimum Gasteiger partial charge on any atom is -0.468 e. The average Bonchev–Trinajstić information content (AvgIpc) is 2.01. The number of hydrogen-bond donors (Lipinski definition) is 0. The van der Waals surface area contributed by atoms with E-state index in [4.69, 9.17) is 0 Å². The lowest BCUT2D eigenvalue weighted by Crippen LogP contribution is -1.98. The van der Waals surface area contributed by atoms with E-state index >= 15 is 0 Å². The van der Waals surface area contributed by atoms with Gasteiger partial charge in [-0.25, -0.2) is 0 Å². The maximum atomic E-state index is 9.49. The Morgan fingerprint density at radius 1 is 1.27 bits per heavy atom. The van der Waals surface area contributed by atoms with Gasteiger partial charge in [-0.1, -0.05) is 26.0 Å². The molecule has 0 amide bonds. The van der Waals surface area contributed by atoms with E-state index in [2.05, 4.69) is 4.74 Å². The second kappa shape index (κ2) is 11.9. The summed E-state index contributed by atoms with van der Waals surface area (Å²) >= 11 is 0. The van der Waals surface area contributed by atoms with Gasteiger partial charge in [-0.05, 0) is 19.8 Å². The van der Waals surface area contributed by atoms with Crippen LogP contribution in [0.5, 0.6) is 0 Å². The first kappa shape index (κ1) is 12.8. The third kappa shape index (κ3) is 27.0. The molecule has 2 nitrogen and oxygen atoms in total. The molecular formula is C9H18O2. The molecule has 0 heterocycles. The third-order valence-electron chi connectivity index (χ3n) is 0.831. The zero-order chi connectivity index (χ0) is 9.11. The normalized spacial score (nSPS) is 9.18. The predicted octanol–water partition coefficient (Wildman–Crippen LogP) is 2.40. The highest BCUT2D eigenvalue weighted by atomic mass is 16.5. The van der Waals surface area contributed by atoms with Crippen LogP contribution in [0.3, 0.4) is 0 Å². The number of ether oxygens (including phenoxy) is 1. The van der Waals surface area contributed by atoms with Crippen molar-refractivity contribution in [1.82, 2.24) is 0 Å². The van der Waals surface area contributed by atoms with E-state index in [0.717, 1.165) is 0 Å². The molecule has 0 aromatic heterocycles. The van der Waals surface area contributed by atoms with E-state index < -0.39 is 0 Å². The molecule has 0 N–H and O–H groups in total. The van der Waals surface area contributed by atoms with Crippen LogP contribution in [0.15, 0.2) is 12.2 Å². The van der Waals surface area contributed by atoms with Crippen LogP contribution in [0.25, 0.3) is 0 Å². The maximum Gasteiger partial charge on any atom is 0.293 e. The summed E-state index contributed by atoms with van der Waals surface area (Å²) in [5.41, 5.74) is 0. The van der Waals surface area contributed by atoms with E-state index in [1.807, 2.05) is 39.8 Å². The Morgan fingerprint density at radius 3 is 1.82 bits per heavy atom. The van der Waals surface area contributed by atoms with Gasteiger partial charge >= 0.3 is 0 Å². The Bertz CT molecular complexity index is 91.7. The van der Waals surface area contributed by atoms with E-state index in [-0.39, 0.29) is 0 Å². The fourth-order valence-corrected chi connectivity index (χ4v) is 0.232. The molecule has 0 unspecified atom stereocenters. The number of carbonyl (C=O) groups is 1. The van der Waals surface area contributed by atoms with Gasteiger partial charge < -0.3 is 4.74 Å². The van der Waals surface area contributed by atoms with Gasteiger partial charge in [-0.2, -0.15) is 0 Å². The first-order valence-electron chi connectivity index (χ1n) is 3.81. The highest BCUT2D eigenvalue weighted by molar-refractivity contribution is 5.36. The number of hydrogen-bond acceptors (Lipinski definition) is 2. The summed E-state index contributed by atoms with van der Waals surface area (Å²) in [7, 11) is 0. The first-order chi connectivity index (χ1) is 5.18. The monoisotopic (exact) mass is 158 g/mol. The summed E-state index contributed by atoms with van der Waals surface area (Å²) in [4.78, 5) is 9.49. The van der Waals surface area contributed by atoms with E-state index in [9.17, 15) is 4.79 Å². The molecule has 0 rings (SSSR count). The molecule has 0 atom stereocenters. The van der Waals surface area contributed by atoms with Crippen LogP contribution >= 0.6 is 0 Å². The van der Waals surface area contributed by atoms with Crippen LogP contribution in [0.4, 0.5) is 0 Å². The minimum atomic E-state index is 0.449. The highest BCUT2D eigenvalue weighted by Crippen LogP contribution is 1.88.